The average Bonchev–Trinajstić information content (AvgIpc) is 2.47. The number of benzene rings is 2. The molecule has 0 aliphatic rings. The van der Waals surface area contributed by atoms with Crippen molar-refractivity contribution in [1.82, 2.24) is 0 Å². The molecule has 3 N–H and O–H groups in total. The summed E-state index contributed by atoms with van der Waals surface area (Å²) in [5.74, 6) is -0.0743. The summed E-state index contributed by atoms with van der Waals surface area (Å²) in [5.41, 5.74) is 1.31. The summed E-state index contributed by atoms with van der Waals surface area (Å²) >= 11 is 0. The van der Waals surface area contributed by atoms with Gasteiger partial charge in [0.05, 0.1) is 5.56 Å². The summed E-state index contributed by atoms with van der Waals surface area (Å²) in [6, 6.07) is 7.36. The number of carbonyl (C=O) groups is 1. The van der Waals surface area contributed by atoms with Crippen LogP contribution < -0.4 is 4.74 Å². The number of carbonyl (C=O) groups excluding carboxylic acids is 1. The molecule has 0 bridgehead atoms. The Morgan fingerprint density at radius 1 is 1.05 bits per heavy atom. The van der Waals surface area contributed by atoms with Crippen LogP contribution in [-0.2, 0) is 0 Å². The standard InChI is InChI=1S/C17H16O5/c1-3-16(11-4-5-13(19)15(21)8-11)22-17-7-10(2)6-14(20)12(17)9-18/h3-9,19-21H,1-2H3/b16-3-. The Morgan fingerprint density at radius 2 is 1.77 bits per heavy atom. The van der Waals surface area contributed by atoms with Gasteiger partial charge >= 0.3 is 0 Å². The maximum atomic E-state index is 11.1. The van der Waals surface area contributed by atoms with Gasteiger partial charge in [-0.05, 0) is 55.8 Å². The second-order valence-electron chi connectivity index (χ2n) is 4.77. The highest BCUT2D eigenvalue weighted by atomic mass is 16.5. The summed E-state index contributed by atoms with van der Waals surface area (Å²) < 4.78 is 5.71. The van der Waals surface area contributed by atoms with Crippen LogP contribution in [0.5, 0.6) is 23.0 Å². The zero-order valence-corrected chi connectivity index (χ0v) is 12.2. The fourth-order valence-electron chi connectivity index (χ4n) is 2.03. The van der Waals surface area contributed by atoms with E-state index in [4.69, 9.17) is 4.74 Å². The maximum Gasteiger partial charge on any atom is 0.158 e. The number of phenolic OH excluding ortho intramolecular Hbond substituents is 3. The zero-order chi connectivity index (χ0) is 16.3. The molecule has 0 atom stereocenters. The number of aryl methyl sites for hydroxylation is 1. The fraction of sp³-hybridized carbons (Fsp3) is 0.118. The molecule has 2 aromatic carbocycles. The van der Waals surface area contributed by atoms with Gasteiger partial charge in [-0.1, -0.05) is 0 Å². The highest BCUT2D eigenvalue weighted by molar-refractivity contribution is 5.84. The molecule has 0 unspecified atom stereocenters. The highest BCUT2D eigenvalue weighted by Gasteiger charge is 2.13. The van der Waals surface area contributed by atoms with Crippen LogP contribution >= 0.6 is 0 Å². The second kappa shape index (κ2) is 6.22. The minimum absolute atomic E-state index is 0.0490. The molecule has 0 radical (unpaired) electrons. The third kappa shape index (κ3) is 3.03. The topological polar surface area (TPSA) is 87.0 Å². The number of allylic oxidation sites excluding steroid dienone is 1. The van der Waals surface area contributed by atoms with Crippen LogP contribution in [-0.4, -0.2) is 21.6 Å². The van der Waals surface area contributed by atoms with E-state index in [0.29, 0.717) is 17.6 Å². The third-order valence-electron chi connectivity index (χ3n) is 3.12. The van der Waals surface area contributed by atoms with E-state index < -0.39 is 0 Å². The van der Waals surface area contributed by atoms with Crippen molar-refractivity contribution in [3.8, 4) is 23.0 Å². The maximum absolute atomic E-state index is 11.1. The Balaban J connectivity index is 2.43. The molecule has 0 fully saturated rings. The molecular weight excluding hydrogens is 284 g/mol. The average molecular weight is 300 g/mol. The van der Waals surface area contributed by atoms with E-state index in [-0.39, 0.29) is 28.6 Å². The van der Waals surface area contributed by atoms with Crippen LogP contribution in [0.1, 0.15) is 28.4 Å². The van der Waals surface area contributed by atoms with Gasteiger partial charge in [-0.3, -0.25) is 4.79 Å². The summed E-state index contributed by atoms with van der Waals surface area (Å²) in [6.07, 6.45) is 2.17. The Bertz CT molecular complexity index is 747. The number of rotatable bonds is 4. The van der Waals surface area contributed by atoms with E-state index in [0.717, 1.165) is 5.56 Å². The molecule has 0 saturated carbocycles. The van der Waals surface area contributed by atoms with Gasteiger partial charge in [-0.25, -0.2) is 0 Å². The molecule has 0 saturated heterocycles. The lowest BCUT2D eigenvalue weighted by Gasteiger charge is -2.14. The van der Waals surface area contributed by atoms with Gasteiger partial charge in [-0.15, -0.1) is 0 Å². The van der Waals surface area contributed by atoms with Gasteiger partial charge in [0.1, 0.15) is 17.3 Å². The Kier molecular flexibility index (Phi) is 4.36. The van der Waals surface area contributed by atoms with E-state index in [1.54, 1.807) is 32.1 Å². The third-order valence-corrected chi connectivity index (χ3v) is 3.12. The minimum Gasteiger partial charge on any atom is -0.507 e. The molecule has 5 nitrogen and oxygen atoms in total. The number of aldehydes is 1. The van der Waals surface area contributed by atoms with Gasteiger partial charge in [0.2, 0.25) is 0 Å². The predicted octanol–water partition coefficient (Wildman–Crippen LogP) is 3.36. The van der Waals surface area contributed by atoms with E-state index in [1.165, 1.54) is 18.2 Å². The molecule has 0 spiro atoms. The molecular formula is C17H16O5. The van der Waals surface area contributed by atoms with Gasteiger partial charge in [0.15, 0.2) is 17.8 Å². The number of phenols is 3. The molecule has 114 valence electrons. The van der Waals surface area contributed by atoms with E-state index in [1.807, 2.05) is 0 Å². The van der Waals surface area contributed by atoms with Crippen molar-refractivity contribution in [3.05, 3.63) is 53.1 Å². The largest absolute Gasteiger partial charge is 0.507 e. The van der Waals surface area contributed by atoms with Crippen LogP contribution in [0.4, 0.5) is 0 Å². The Morgan fingerprint density at radius 3 is 2.36 bits per heavy atom. The lowest BCUT2D eigenvalue weighted by molar-refractivity contribution is 0.111. The predicted molar refractivity (Wildman–Crippen MR) is 82.3 cm³/mol. The molecule has 5 heteroatoms. The smallest absolute Gasteiger partial charge is 0.158 e. The molecule has 0 heterocycles. The Hall–Kier alpha value is -2.95. The number of aromatic hydroxyl groups is 3. The zero-order valence-electron chi connectivity index (χ0n) is 12.2. The van der Waals surface area contributed by atoms with E-state index in [9.17, 15) is 20.1 Å². The first-order chi connectivity index (χ1) is 10.5. The molecule has 0 aromatic heterocycles. The van der Waals surface area contributed by atoms with Crippen molar-refractivity contribution in [3.63, 3.8) is 0 Å². The van der Waals surface area contributed by atoms with Crippen molar-refractivity contribution in [2.45, 2.75) is 13.8 Å². The van der Waals surface area contributed by atoms with Crippen LogP contribution in [0, 0.1) is 6.92 Å². The molecule has 22 heavy (non-hydrogen) atoms. The Labute approximate surface area is 127 Å². The first-order valence-corrected chi connectivity index (χ1v) is 6.61. The van der Waals surface area contributed by atoms with Gasteiger partial charge in [0, 0.05) is 5.56 Å². The van der Waals surface area contributed by atoms with Gasteiger partial charge in [-0.2, -0.15) is 0 Å². The minimum atomic E-state index is -0.275. The van der Waals surface area contributed by atoms with Crippen molar-refractivity contribution in [2.24, 2.45) is 0 Å². The first-order valence-electron chi connectivity index (χ1n) is 6.61. The molecule has 2 aromatic rings. The summed E-state index contributed by atoms with van der Waals surface area (Å²) in [5, 5.41) is 28.7. The number of ether oxygens (including phenoxy) is 1. The van der Waals surface area contributed by atoms with Crippen LogP contribution in [0.2, 0.25) is 0 Å². The lowest BCUT2D eigenvalue weighted by Crippen LogP contribution is -1.99. The normalized spacial score (nSPS) is 11.3. The number of hydrogen-bond donors (Lipinski definition) is 3. The van der Waals surface area contributed by atoms with Crippen molar-refractivity contribution < 1.29 is 24.9 Å². The van der Waals surface area contributed by atoms with Crippen molar-refractivity contribution in [1.29, 1.82) is 0 Å². The second-order valence-corrected chi connectivity index (χ2v) is 4.77. The van der Waals surface area contributed by atoms with E-state index >= 15 is 0 Å². The number of hydrogen-bond acceptors (Lipinski definition) is 5. The molecule has 2 rings (SSSR count). The highest BCUT2D eigenvalue weighted by Crippen LogP contribution is 2.33. The quantitative estimate of drug-likeness (QED) is 0.458. The monoisotopic (exact) mass is 300 g/mol. The van der Waals surface area contributed by atoms with Crippen LogP contribution in [0.3, 0.4) is 0 Å². The van der Waals surface area contributed by atoms with Gasteiger partial charge < -0.3 is 20.1 Å². The van der Waals surface area contributed by atoms with Crippen LogP contribution in [0.25, 0.3) is 5.76 Å². The van der Waals surface area contributed by atoms with Gasteiger partial charge in [0.25, 0.3) is 0 Å². The fourth-order valence-corrected chi connectivity index (χ4v) is 2.03. The lowest BCUT2D eigenvalue weighted by atomic mass is 10.1. The SMILES string of the molecule is C/C=C(\Oc1cc(C)cc(O)c1C=O)c1ccc(O)c(O)c1. The van der Waals surface area contributed by atoms with Crippen molar-refractivity contribution in [2.75, 3.05) is 0 Å². The molecule has 0 amide bonds. The van der Waals surface area contributed by atoms with Crippen LogP contribution in [0.15, 0.2) is 36.4 Å². The van der Waals surface area contributed by atoms with E-state index in [2.05, 4.69) is 0 Å². The molecule has 0 aliphatic carbocycles. The summed E-state index contributed by atoms with van der Waals surface area (Å²) in [4.78, 5) is 11.1. The van der Waals surface area contributed by atoms with Crippen molar-refractivity contribution >= 4 is 12.0 Å². The summed E-state index contributed by atoms with van der Waals surface area (Å²) in [6.45, 7) is 3.50. The summed E-state index contributed by atoms with van der Waals surface area (Å²) in [7, 11) is 0. The first kappa shape index (κ1) is 15.4. The molecule has 0 aliphatic heterocycles.